The van der Waals surface area contributed by atoms with Crippen LogP contribution in [0.1, 0.15) is 34.1 Å². The lowest BCUT2D eigenvalue weighted by Gasteiger charge is -2.21. The molecule has 1 amide bonds. The molecule has 90 valence electrons. The molecule has 0 unspecified atom stereocenters. The number of carboxylic acid groups (broad SMARTS) is 1. The molecule has 16 heavy (non-hydrogen) atoms. The predicted octanol–water partition coefficient (Wildman–Crippen LogP) is 1.38. The maximum absolute atomic E-state index is 11.3. The van der Waals surface area contributed by atoms with Crippen molar-refractivity contribution in [2.24, 2.45) is 0 Å². The van der Waals surface area contributed by atoms with Crippen LogP contribution < -0.4 is 5.32 Å². The number of hydrogen-bond donors (Lipinski definition) is 2. The quantitative estimate of drug-likeness (QED) is 0.714. The van der Waals surface area contributed by atoms with Crippen LogP contribution in [-0.4, -0.2) is 28.8 Å². The third-order valence-electron chi connectivity index (χ3n) is 1.47. The highest BCUT2D eigenvalue weighted by Gasteiger charge is 2.22. The Kier molecular flexibility index (Phi) is 5.37. The molecule has 0 aromatic carbocycles. The molecule has 0 aliphatic heterocycles. The summed E-state index contributed by atoms with van der Waals surface area (Å²) in [6, 6.07) is -1.04. The molecule has 0 bridgehead atoms. The van der Waals surface area contributed by atoms with E-state index in [1.165, 1.54) is 0 Å². The minimum Gasteiger partial charge on any atom is -0.480 e. The topological polar surface area (TPSA) is 75.6 Å². The van der Waals surface area contributed by atoms with Crippen molar-refractivity contribution in [2.45, 2.75) is 45.8 Å². The summed E-state index contributed by atoms with van der Waals surface area (Å²) in [7, 11) is 0. The van der Waals surface area contributed by atoms with Crippen molar-refractivity contribution in [1.82, 2.24) is 5.32 Å². The van der Waals surface area contributed by atoms with Crippen LogP contribution in [0.5, 0.6) is 0 Å². The number of carboxylic acids is 1. The van der Waals surface area contributed by atoms with Gasteiger partial charge in [0.2, 0.25) is 0 Å². The zero-order chi connectivity index (χ0) is 12.8. The molecule has 0 fully saturated rings. The van der Waals surface area contributed by atoms with E-state index in [0.29, 0.717) is 0 Å². The zero-order valence-corrected chi connectivity index (χ0v) is 9.96. The second-order valence-electron chi connectivity index (χ2n) is 4.17. The minimum atomic E-state index is -1.13. The van der Waals surface area contributed by atoms with Crippen molar-refractivity contribution in [3.05, 3.63) is 0 Å². The average molecular weight is 227 g/mol. The highest BCUT2D eigenvalue weighted by molar-refractivity contribution is 5.80. The molecule has 2 N–H and O–H groups in total. The first kappa shape index (κ1) is 14.3. The Labute approximate surface area is 95.2 Å². The standard InChI is InChI=1S/C11H17NO4/c1-5-6-7-8(9(13)14)12-10(15)16-11(2,3)4/h8H,7H2,1-4H3,(H,12,15)(H,13,14)/t8-/m1/s1. The Morgan fingerprint density at radius 1 is 1.44 bits per heavy atom. The van der Waals surface area contributed by atoms with Crippen molar-refractivity contribution in [2.75, 3.05) is 0 Å². The predicted molar refractivity (Wildman–Crippen MR) is 58.9 cm³/mol. The first-order valence-electron chi connectivity index (χ1n) is 4.88. The van der Waals surface area contributed by atoms with Gasteiger partial charge in [-0.1, -0.05) is 0 Å². The summed E-state index contributed by atoms with van der Waals surface area (Å²) < 4.78 is 4.94. The van der Waals surface area contributed by atoms with Crippen LogP contribution in [0.25, 0.3) is 0 Å². The first-order chi connectivity index (χ1) is 7.26. The number of carbonyl (C=O) groups is 2. The van der Waals surface area contributed by atoms with Crippen LogP contribution in [0, 0.1) is 11.8 Å². The fourth-order valence-corrected chi connectivity index (χ4v) is 0.854. The van der Waals surface area contributed by atoms with Crippen LogP contribution in [0.3, 0.4) is 0 Å². The molecule has 0 aromatic heterocycles. The number of hydrogen-bond acceptors (Lipinski definition) is 3. The normalized spacial score (nSPS) is 12.0. The zero-order valence-electron chi connectivity index (χ0n) is 9.96. The van der Waals surface area contributed by atoms with E-state index in [4.69, 9.17) is 9.84 Å². The number of carbonyl (C=O) groups excluding carboxylic acids is 1. The summed E-state index contributed by atoms with van der Waals surface area (Å²) >= 11 is 0. The van der Waals surface area contributed by atoms with Gasteiger partial charge in [-0.15, -0.1) is 11.8 Å². The Hall–Kier alpha value is -1.70. The van der Waals surface area contributed by atoms with Gasteiger partial charge in [-0.05, 0) is 27.7 Å². The van der Waals surface area contributed by atoms with Crippen molar-refractivity contribution in [3.8, 4) is 11.8 Å². The van der Waals surface area contributed by atoms with E-state index in [0.717, 1.165) is 0 Å². The lowest BCUT2D eigenvalue weighted by molar-refractivity contribution is -0.139. The maximum Gasteiger partial charge on any atom is 0.408 e. The van der Waals surface area contributed by atoms with Gasteiger partial charge < -0.3 is 15.2 Å². The third-order valence-corrected chi connectivity index (χ3v) is 1.47. The third kappa shape index (κ3) is 6.71. The molecule has 0 aliphatic rings. The first-order valence-corrected chi connectivity index (χ1v) is 4.88. The summed E-state index contributed by atoms with van der Waals surface area (Å²) in [5.41, 5.74) is -0.649. The number of alkyl carbamates (subject to hydrolysis) is 1. The molecule has 5 nitrogen and oxygen atoms in total. The molecule has 0 saturated carbocycles. The van der Waals surface area contributed by atoms with E-state index in [1.807, 2.05) is 0 Å². The number of ether oxygens (including phenoxy) is 1. The smallest absolute Gasteiger partial charge is 0.408 e. The van der Waals surface area contributed by atoms with Gasteiger partial charge in [-0.25, -0.2) is 9.59 Å². The summed E-state index contributed by atoms with van der Waals surface area (Å²) in [6.45, 7) is 6.71. The van der Waals surface area contributed by atoms with Gasteiger partial charge in [0.1, 0.15) is 11.6 Å². The number of rotatable bonds is 3. The molecular weight excluding hydrogens is 210 g/mol. The van der Waals surface area contributed by atoms with E-state index in [2.05, 4.69) is 17.2 Å². The molecule has 0 radical (unpaired) electrons. The molecule has 1 atom stereocenters. The Balaban J connectivity index is 4.33. The SMILES string of the molecule is CC#CC[C@@H](NC(=O)OC(C)(C)C)C(=O)O. The van der Waals surface area contributed by atoms with Crippen LogP contribution in [0.4, 0.5) is 4.79 Å². The van der Waals surface area contributed by atoms with Crippen LogP contribution in [0.15, 0.2) is 0 Å². The maximum atomic E-state index is 11.3. The van der Waals surface area contributed by atoms with E-state index >= 15 is 0 Å². The van der Waals surface area contributed by atoms with Crippen molar-refractivity contribution in [1.29, 1.82) is 0 Å². The monoisotopic (exact) mass is 227 g/mol. The van der Waals surface area contributed by atoms with Gasteiger partial charge in [-0.2, -0.15) is 0 Å². The van der Waals surface area contributed by atoms with Gasteiger partial charge in [0.05, 0.1) is 0 Å². The number of nitrogens with one attached hydrogen (secondary N) is 1. The van der Waals surface area contributed by atoms with Gasteiger partial charge in [0.15, 0.2) is 0 Å². The van der Waals surface area contributed by atoms with E-state index < -0.39 is 23.7 Å². The van der Waals surface area contributed by atoms with E-state index in [-0.39, 0.29) is 6.42 Å². The molecule has 0 saturated heterocycles. The Morgan fingerprint density at radius 3 is 2.38 bits per heavy atom. The van der Waals surface area contributed by atoms with Gasteiger partial charge in [0, 0.05) is 6.42 Å². The molecule has 0 rings (SSSR count). The lowest BCUT2D eigenvalue weighted by Crippen LogP contribution is -2.43. The Morgan fingerprint density at radius 2 is 2.00 bits per heavy atom. The highest BCUT2D eigenvalue weighted by atomic mass is 16.6. The highest BCUT2D eigenvalue weighted by Crippen LogP contribution is 2.07. The minimum absolute atomic E-state index is 0.0606. The summed E-state index contributed by atoms with van der Waals surface area (Å²) in [5, 5.41) is 11.1. The van der Waals surface area contributed by atoms with Crippen molar-refractivity contribution < 1.29 is 19.4 Å². The fourth-order valence-electron chi connectivity index (χ4n) is 0.854. The second kappa shape index (κ2) is 6.01. The van der Waals surface area contributed by atoms with Gasteiger partial charge in [0.25, 0.3) is 0 Å². The van der Waals surface area contributed by atoms with E-state index in [1.54, 1.807) is 27.7 Å². The van der Waals surface area contributed by atoms with Gasteiger partial charge in [-0.3, -0.25) is 0 Å². The van der Waals surface area contributed by atoms with Crippen LogP contribution in [-0.2, 0) is 9.53 Å². The molecule has 0 spiro atoms. The van der Waals surface area contributed by atoms with Crippen molar-refractivity contribution in [3.63, 3.8) is 0 Å². The average Bonchev–Trinajstić information content (AvgIpc) is 2.08. The Bertz CT molecular complexity index is 319. The number of aliphatic carboxylic acids is 1. The molecule has 0 aliphatic carbocycles. The molecule has 5 heteroatoms. The number of amides is 1. The van der Waals surface area contributed by atoms with Crippen molar-refractivity contribution >= 4 is 12.1 Å². The van der Waals surface area contributed by atoms with Gasteiger partial charge >= 0.3 is 12.1 Å². The van der Waals surface area contributed by atoms with Crippen LogP contribution in [0.2, 0.25) is 0 Å². The molecule has 0 aromatic rings. The molecule has 0 heterocycles. The second-order valence-corrected chi connectivity index (χ2v) is 4.17. The summed E-state index contributed by atoms with van der Waals surface area (Å²) in [6.07, 6.45) is -0.691. The van der Waals surface area contributed by atoms with E-state index in [9.17, 15) is 9.59 Å². The molecular formula is C11H17NO4. The van der Waals surface area contributed by atoms with Crippen LogP contribution >= 0.6 is 0 Å². The largest absolute Gasteiger partial charge is 0.480 e. The summed E-state index contributed by atoms with van der Waals surface area (Å²) in [5.74, 6) is 4.03. The lowest BCUT2D eigenvalue weighted by atomic mass is 10.2. The summed E-state index contributed by atoms with van der Waals surface area (Å²) in [4.78, 5) is 22.1. The fraction of sp³-hybridized carbons (Fsp3) is 0.636.